The zero-order valence-electron chi connectivity index (χ0n) is 12.2. The number of hydrogen-bond donors (Lipinski definition) is 0. The van der Waals surface area contributed by atoms with Gasteiger partial charge in [-0.25, -0.2) is 4.98 Å². The standard InChI is InChI=1S/C15H21N5/c1-18(2)15-7-10-20(17-15)12-13-5-6-14(16-11-13)19-8-3-4-9-19/h5-7,10-11H,3-4,8-9,12H2,1-2H3. The largest absolute Gasteiger partial charge is 0.361 e. The van der Waals surface area contributed by atoms with Gasteiger partial charge >= 0.3 is 0 Å². The molecule has 3 rings (SSSR count). The molecule has 0 atom stereocenters. The molecule has 0 unspecified atom stereocenters. The van der Waals surface area contributed by atoms with Gasteiger partial charge in [-0.15, -0.1) is 0 Å². The Kier molecular flexibility index (Phi) is 3.58. The smallest absolute Gasteiger partial charge is 0.150 e. The molecule has 0 saturated carbocycles. The van der Waals surface area contributed by atoms with Crippen LogP contribution in [0.25, 0.3) is 0 Å². The van der Waals surface area contributed by atoms with E-state index in [0.717, 1.165) is 31.3 Å². The van der Waals surface area contributed by atoms with E-state index in [-0.39, 0.29) is 0 Å². The molecule has 3 heterocycles. The van der Waals surface area contributed by atoms with Crippen LogP contribution in [0.2, 0.25) is 0 Å². The second-order valence-corrected chi connectivity index (χ2v) is 5.48. The molecule has 5 heteroatoms. The molecule has 20 heavy (non-hydrogen) atoms. The third-order valence-electron chi connectivity index (χ3n) is 3.67. The van der Waals surface area contributed by atoms with Crippen molar-refractivity contribution in [2.24, 2.45) is 0 Å². The first kappa shape index (κ1) is 13.0. The minimum absolute atomic E-state index is 0.765. The molecular weight excluding hydrogens is 250 g/mol. The van der Waals surface area contributed by atoms with Gasteiger partial charge in [-0.05, 0) is 24.5 Å². The highest BCUT2D eigenvalue weighted by Crippen LogP contribution is 2.18. The monoisotopic (exact) mass is 271 g/mol. The molecule has 0 radical (unpaired) electrons. The van der Waals surface area contributed by atoms with Gasteiger partial charge in [0.05, 0.1) is 6.54 Å². The van der Waals surface area contributed by atoms with Crippen molar-refractivity contribution in [1.29, 1.82) is 0 Å². The van der Waals surface area contributed by atoms with Gasteiger partial charge in [-0.1, -0.05) is 6.07 Å². The number of nitrogens with zero attached hydrogens (tertiary/aromatic N) is 5. The molecule has 1 fully saturated rings. The van der Waals surface area contributed by atoms with Gasteiger partial charge in [0.1, 0.15) is 11.6 Å². The Balaban J connectivity index is 1.67. The highest BCUT2D eigenvalue weighted by molar-refractivity contribution is 5.40. The summed E-state index contributed by atoms with van der Waals surface area (Å²) in [7, 11) is 4.00. The van der Waals surface area contributed by atoms with Crippen molar-refractivity contribution in [2.75, 3.05) is 37.0 Å². The fourth-order valence-electron chi connectivity index (χ4n) is 2.51. The van der Waals surface area contributed by atoms with Crippen LogP contribution < -0.4 is 9.80 Å². The average molecular weight is 271 g/mol. The lowest BCUT2D eigenvalue weighted by atomic mass is 10.3. The molecule has 1 aliphatic rings. The molecule has 1 aliphatic heterocycles. The maximum atomic E-state index is 4.57. The Bertz CT molecular complexity index is 552. The average Bonchev–Trinajstić information content (AvgIpc) is 3.10. The van der Waals surface area contributed by atoms with Crippen LogP contribution in [-0.4, -0.2) is 41.9 Å². The summed E-state index contributed by atoms with van der Waals surface area (Å²) in [6.45, 7) is 3.04. The predicted molar refractivity (Wildman–Crippen MR) is 81.3 cm³/mol. The van der Waals surface area contributed by atoms with Crippen molar-refractivity contribution >= 4 is 11.6 Å². The highest BCUT2D eigenvalue weighted by atomic mass is 15.3. The van der Waals surface area contributed by atoms with E-state index in [4.69, 9.17) is 0 Å². The summed E-state index contributed by atoms with van der Waals surface area (Å²) >= 11 is 0. The maximum absolute atomic E-state index is 4.57. The van der Waals surface area contributed by atoms with E-state index in [1.807, 2.05) is 42.1 Å². The van der Waals surface area contributed by atoms with Gasteiger partial charge in [-0.2, -0.15) is 5.10 Å². The fourth-order valence-corrected chi connectivity index (χ4v) is 2.51. The Labute approximate surface area is 119 Å². The molecule has 0 amide bonds. The summed E-state index contributed by atoms with van der Waals surface area (Å²) in [5.41, 5.74) is 1.18. The van der Waals surface area contributed by atoms with Crippen LogP contribution in [0.4, 0.5) is 11.6 Å². The maximum Gasteiger partial charge on any atom is 0.150 e. The Hall–Kier alpha value is -2.04. The number of anilines is 2. The Morgan fingerprint density at radius 1 is 1.15 bits per heavy atom. The van der Waals surface area contributed by atoms with Crippen LogP contribution in [0, 0.1) is 0 Å². The molecule has 0 aromatic carbocycles. The van der Waals surface area contributed by atoms with Gasteiger partial charge in [0.15, 0.2) is 0 Å². The van der Waals surface area contributed by atoms with Crippen LogP contribution in [-0.2, 0) is 6.54 Å². The van der Waals surface area contributed by atoms with Crippen molar-refractivity contribution in [1.82, 2.24) is 14.8 Å². The molecular formula is C15H21N5. The van der Waals surface area contributed by atoms with Crippen LogP contribution in [0.15, 0.2) is 30.6 Å². The van der Waals surface area contributed by atoms with Gasteiger partial charge in [0.2, 0.25) is 0 Å². The minimum Gasteiger partial charge on any atom is -0.361 e. The lowest BCUT2D eigenvalue weighted by molar-refractivity contribution is 0.682. The first-order chi connectivity index (χ1) is 9.72. The SMILES string of the molecule is CN(C)c1ccn(Cc2ccc(N3CCCC3)nc2)n1. The zero-order valence-corrected chi connectivity index (χ0v) is 12.2. The van der Waals surface area contributed by atoms with Gasteiger partial charge in [-0.3, -0.25) is 4.68 Å². The van der Waals surface area contributed by atoms with Crippen molar-refractivity contribution in [2.45, 2.75) is 19.4 Å². The van der Waals surface area contributed by atoms with Crippen molar-refractivity contribution in [3.63, 3.8) is 0 Å². The van der Waals surface area contributed by atoms with Crippen LogP contribution in [0.3, 0.4) is 0 Å². The van der Waals surface area contributed by atoms with E-state index >= 15 is 0 Å². The summed E-state index contributed by atoms with van der Waals surface area (Å²) in [6.07, 6.45) is 6.53. The summed E-state index contributed by atoms with van der Waals surface area (Å²) in [4.78, 5) is 8.93. The normalized spacial score (nSPS) is 14.8. The summed E-state index contributed by atoms with van der Waals surface area (Å²) in [5.74, 6) is 2.08. The highest BCUT2D eigenvalue weighted by Gasteiger charge is 2.13. The topological polar surface area (TPSA) is 37.2 Å². The molecule has 2 aromatic rings. The third-order valence-corrected chi connectivity index (χ3v) is 3.67. The second-order valence-electron chi connectivity index (χ2n) is 5.48. The lowest BCUT2D eigenvalue weighted by Gasteiger charge is -2.16. The van der Waals surface area contributed by atoms with Crippen LogP contribution in [0.5, 0.6) is 0 Å². The van der Waals surface area contributed by atoms with E-state index in [9.17, 15) is 0 Å². The molecule has 2 aromatic heterocycles. The number of hydrogen-bond acceptors (Lipinski definition) is 4. The first-order valence-electron chi connectivity index (χ1n) is 7.13. The van der Waals surface area contributed by atoms with Crippen LogP contribution in [0.1, 0.15) is 18.4 Å². The number of aromatic nitrogens is 3. The van der Waals surface area contributed by atoms with Crippen LogP contribution >= 0.6 is 0 Å². The van der Waals surface area contributed by atoms with Crippen molar-refractivity contribution in [3.05, 3.63) is 36.2 Å². The number of rotatable bonds is 4. The van der Waals surface area contributed by atoms with Gasteiger partial charge < -0.3 is 9.80 Å². The first-order valence-corrected chi connectivity index (χ1v) is 7.13. The van der Waals surface area contributed by atoms with E-state index in [0.29, 0.717) is 0 Å². The Morgan fingerprint density at radius 3 is 2.55 bits per heavy atom. The van der Waals surface area contributed by atoms with E-state index in [2.05, 4.69) is 27.1 Å². The zero-order chi connectivity index (χ0) is 13.9. The third kappa shape index (κ3) is 2.76. The molecule has 0 aliphatic carbocycles. The fraction of sp³-hybridized carbons (Fsp3) is 0.467. The predicted octanol–water partition coefficient (Wildman–Crippen LogP) is 1.99. The number of pyridine rings is 1. The molecule has 0 bridgehead atoms. The molecule has 1 saturated heterocycles. The molecule has 5 nitrogen and oxygen atoms in total. The summed E-state index contributed by atoms with van der Waals surface area (Å²) in [5, 5.41) is 4.51. The quantitative estimate of drug-likeness (QED) is 0.852. The molecule has 0 N–H and O–H groups in total. The van der Waals surface area contributed by atoms with E-state index in [1.54, 1.807) is 0 Å². The van der Waals surface area contributed by atoms with Gasteiger partial charge in [0.25, 0.3) is 0 Å². The summed E-state index contributed by atoms with van der Waals surface area (Å²) < 4.78 is 1.95. The van der Waals surface area contributed by atoms with Gasteiger partial charge in [0, 0.05) is 45.6 Å². The minimum atomic E-state index is 0.765. The molecule has 0 spiro atoms. The van der Waals surface area contributed by atoms with Crippen molar-refractivity contribution < 1.29 is 0 Å². The van der Waals surface area contributed by atoms with E-state index < -0.39 is 0 Å². The van der Waals surface area contributed by atoms with E-state index in [1.165, 1.54) is 18.4 Å². The second kappa shape index (κ2) is 5.53. The summed E-state index contributed by atoms with van der Waals surface area (Å²) in [6, 6.07) is 6.29. The Morgan fingerprint density at radius 2 is 1.95 bits per heavy atom. The van der Waals surface area contributed by atoms with Crippen molar-refractivity contribution in [3.8, 4) is 0 Å². The lowest BCUT2D eigenvalue weighted by Crippen LogP contribution is -2.18. The molecule has 106 valence electrons.